The molecule has 0 bridgehead atoms. The van der Waals surface area contributed by atoms with Gasteiger partial charge < -0.3 is 9.29 Å². The van der Waals surface area contributed by atoms with E-state index in [0.717, 1.165) is 46.2 Å². The topological polar surface area (TPSA) is 124 Å². The number of halogens is 2. The number of fused-ring (bicyclic) bond motifs is 2. The molecule has 12 heteroatoms. The van der Waals surface area contributed by atoms with Gasteiger partial charge in [-0.05, 0) is 77.9 Å². The summed E-state index contributed by atoms with van der Waals surface area (Å²) in [5.74, 6) is 1.87. The molecule has 4 atom stereocenters. The van der Waals surface area contributed by atoms with Crippen LogP contribution in [0.2, 0.25) is 10.0 Å². The molecule has 0 spiro atoms. The minimum Gasteiger partial charge on any atom is -0.744 e. The number of benzene rings is 6. The van der Waals surface area contributed by atoms with E-state index in [2.05, 4.69) is 62.3 Å². The maximum Gasteiger partial charge on any atom is 0.343 e. The molecule has 1 N–H and O–H groups in total. The fraction of sp³-hybridized carbons (Fsp3) is 0.239. The van der Waals surface area contributed by atoms with E-state index in [4.69, 9.17) is 32.5 Å². The summed E-state index contributed by atoms with van der Waals surface area (Å²) in [6, 6.07) is 40.5. The highest BCUT2D eigenvalue weighted by atomic mass is 35.5. The van der Waals surface area contributed by atoms with Gasteiger partial charge in [-0.2, -0.15) is 13.0 Å². The summed E-state index contributed by atoms with van der Waals surface area (Å²) in [5, 5.41) is 4.10. The zero-order valence-electron chi connectivity index (χ0n) is 32.3. The van der Waals surface area contributed by atoms with Crippen molar-refractivity contribution in [1.82, 2.24) is 0 Å². The van der Waals surface area contributed by atoms with E-state index in [1.807, 2.05) is 30.3 Å². The van der Waals surface area contributed by atoms with Crippen LogP contribution in [0.25, 0.3) is 21.5 Å². The lowest BCUT2D eigenvalue weighted by atomic mass is 9.69. The average molecular weight is 859 g/mol. The third kappa shape index (κ3) is 9.49. The van der Waals surface area contributed by atoms with Crippen LogP contribution in [-0.2, 0) is 25.0 Å². The second-order valence-corrected chi connectivity index (χ2v) is 18.7. The zero-order chi connectivity index (χ0) is 41.8. The Morgan fingerprint density at radius 3 is 1.90 bits per heavy atom. The summed E-state index contributed by atoms with van der Waals surface area (Å²) < 4.78 is 72.6. The molecule has 6 aromatic carbocycles. The Hall–Kier alpha value is -4.55. The molecule has 8 rings (SSSR count). The van der Waals surface area contributed by atoms with Crippen molar-refractivity contribution in [3.05, 3.63) is 167 Å². The van der Waals surface area contributed by atoms with Crippen LogP contribution in [0.15, 0.2) is 156 Å². The molecule has 2 aliphatic heterocycles. The lowest BCUT2D eigenvalue weighted by Gasteiger charge is -2.39. The molecule has 0 fully saturated rings. The van der Waals surface area contributed by atoms with E-state index in [0.29, 0.717) is 22.7 Å². The normalized spacial score (nSPS) is 20.4. The van der Waals surface area contributed by atoms with Gasteiger partial charge in [0.1, 0.15) is 15.0 Å². The fourth-order valence-corrected chi connectivity index (χ4v) is 9.83. The van der Waals surface area contributed by atoms with Crippen molar-refractivity contribution in [2.45, 2.75) is 61.4 Å². The zero-order valence-corrected chi connectivity index (χ0v) is 35.5. The summed E-state index contributed by atoms with van der Waals surface area (Å²) >= 11 is 12.7. The van der Waals surface area contributed by atoms with Crippen molar-refractivity contribution in [2.24, 2.45) is 11.3 Å². The first-order valence-corrected chi connectivity index (χ1v) is 22.4. The molecule has 8 nitrogen and oxygen atoms in total. The van der Waals surface area contributed by atoms with Gasteiger partial charge in [-0.15, -0.1) is 6.58 Å². The van der Waals surface area contributed by atoms with E-state index >= 15 is 0 Å². The minimum absolute atomic E-state index is 0.0457. The number of nitrogens with zero attached hydrogens (tertiary/aromatic N) is 1. The molecular weight excluding hydrogens is 814 g/mol. The van der Waals surface area contributed by atoms with Crippen LogP contribution < -0.4 is 0 Å². The first kappa shape index (κ1) is 43.0. The molecule has 1 unspecified atom stereocenters. The molecule has 0 aliphatic carbocycles. The number of hydrogen-bond acceptors (Lipinski definition) is 6. The molecule has 302 valence electrons. The standard InChI is InChI=1S/C26H30Cl2NO.2C10H8O3S/c1-5-13-26(4)15-22(19-7-6-8-21(28)14-19)24(18-9-11-20(27)12-10-18)29-23(17(2)3)16-30-25(26)29;2*11-14(12,13)10-7-3-5-8-4-1-2-6-9(8)10/h5-12,14,17,22-24H,1,13,15-16H2,2-4H3;2*1-7H,(H,11,12,13)/q+1;;/p-1/t22-,23-,24?,26+;;/m1../s1. The van der Waals surface area contributed by atoms with Crippen LogP contribution in [0.4, 0.5) is 0 Å². The number of allylic oxidation sites excluding steroid dienone is 1. The Labute approximate surface area is 350 Å². The predicted octanol–water partition coefficient (Wildman–Crippen LogP) is 11.1. The summed E-state index contributed by atoms with van der Waals surface area (Å²) in [4.78, 5) is -0.203. The Kier molecular flexibility index (Phi) is 13.2. The highest BCUT2D eigenvalue weighted by Crippen LogP contribution is 2.51. The number of ether oxygens (including phenoxy) is 1. The van der Waals surface area contributed by atoms with Crippen molar-refractivity contribution in [3.63, 3.8) is 0 Å². The SMILES string of the molecule is C=CC[C@@]1(C)C[C@H](c2cccc(Cl)c2)C(c2ccc(Cl)cc2)[N+]2=C1OC[C@@H]2C(C)C.O=S(=O)(O)c1cccc2ccccc12.O=S(=O)([O-])c1cccc2ccccc12. The Balaban J connectivity index is 0.000000167. The molecule has 2 aliphatic rings. The third-order valence-corrected chi connectivity index (χ3v) is 13.0. The molecule has 0 aromatic heterocycles. The molecule has 0 amide bonds. The molecule has 0 radical (unpaired) electrons. The van der Waals surface area contributed by atoms with E-state index in [1.165, 1.54) is 23.3 Å². The van der Waals surface area contributed by atoms with Crippen molar-refractivity contribution in [1.29, 1.82) is 0 Å². The first-order valence-electron chi connectivity index (χ1n) is 18.8. The average Bonchev–Trinajstić information content (AvgIpc) is 3.65. The minimum atomic E-state index is -4.38. The lowest BCUT2D eigenvalue weighted by Crippen LogP contribution is -2.46. The van der Waals surface area contributed by atoms with E-state index < -0.39 is 20.2 Å². The molecule has 58 heavy (non-hydrogen) atoms. The van der Waals surface area contributed by atoms with Gasteiger partial charge in [0.05, 0.1) is 16.2 Å². The first-order chi connectivity index (χ1) is 27.5. The number of hydrogen-bond donors (Lipinski definition) is 1. The van der Waals surface area contributed by atoms with Crippen LogP contribution in [-0.4, -0.2) is 49.1 Å². The molecule has 0 saturated heterocycles. The number of rotatable bonds is 7. The molecule has 0 saturated carbocycles. The maximum absolute atomic E-state index is 11.0. The lowest BCUT2D eigenvalue weighted by molar-refractivity contribution is -0.616. The van der Waals surface area contributed by atoms with Crippen molar-refractivity contribution in [3.8, 4) is 0 Å². The van der Waals surface area contributed by atoms with E-state index in [9.17, 15) is 21.4 Å². The Morgan fingerprint density at radius 2 is 1.34 bits per heavy atom. The van der Waals surface area contributed by atoms with Gasteiger partial charge in [0.25, 0.3) is 10.1 Å². The van der Waals surface area contributed by atoms with Gasteiger partial charge in [0.15, 0.2) is 18.7 Å². The highest BCUT2D eigenvalue weighted by Gasteiger charge is 2.57. The predicted molar refractivity (Wildman–Crippen MR) is 231 cm³/mol. The van der Waals surface area contributed by atoms with Crippen molar-refractivity contribution >= 4 is 70.9 Å². The monoisotopic (exact) mass is 857 g/mol. The van der Waals surface area contributed by atoms with Crippen LogP contribution >= 0.6 is 23.2 Å². The third-order valence-electron chi connectivity index (χ3n) is 10.7. The smallest absolute Gasteiger partial charge is 0.343 e. The van der Waals surface area contributed by atoms with Crippen LogP contribution in [0.1, 0.15) is 56.7 Å². The largest absolute Gasteiger partial charge is 0.744 e. The van der Waals surface area contributed by atoms with Gasteiger partial charge in [-0.25, -0.2) is 8.42 Å². The van der Waals surface area contributed by atoms with Gasteiger partial charge in [0, 0.05) is 26.9 Å². The van der Waals surface area contributed by atoms with Crippen molar-refractivity contribution in [2.75, 3.05) is 6.61 Å². The second-order valence-electron chi connectivity index (χ2n) is 15.1. The van der Waals surface area contributed by atoms with Crippen LogP contribution in [0.3, 0.4) is 0 Å². The van der Waals surface area contributed by atoms with E-state index in [-0.39, 0.29) is 27.2 Å². The van der Waals surface area contributed by atoms with Gasteiger partial charge >= 0.3 is 5.90 Å². The fourth-order valence-electron chi connectivity index (χ4n) is 8.09. The summed E-state index contributed by atoms with van der Waals surface area (Å²) in [7, 11) is -8.51. The van der Waals surface area contributed by atoms with Gasteiger partial charge in [-0.3, -0.25) is 4.55 Å². The van der Waals surface area contributed by atoms with Crippen LogP contribution in [0.5, 0.6) is 0 Å². The van der Waals surface area contributed by atoms with Gasteiger partial charge in [0.2, 0.25) is 0 Å². The molecule has 2 heterocycles. The quantitative estimate of drug-likeness (QED) is 0.0963. The Bertz CT molecular complexity index is 2580. The Morgan fingerprint density at radius 1 is 0.793 bits per heavy atom. The van der Waals surface area contributed by atoms with Crippen LogP contribution in [0, 0.1) is 11.3 Å². The summed E-state index contributed by atoms with van der Waals surface area (Å²) in [6.07, 6.45) is 3.88. The summed E-state index contributed by atoms with van der Waals surface area (Å²) in [6.45, 7) is 11.6. The maximum atomic E-state index is 11.0. The highest BCUT2D eigenvalue weighted by molar-refractivity contribution is 7.86. The summed E-state index contributed by atoms with van der Waals surface area (Å²) in [5.41, 5.74) is 2.44. The molecule has 6 aromatic rings. The van der Waals surface area contributed by atoms with Crippen molar-refractivity contribution < 1.29 is 35.3 Å². The molecular formula is C46H45Cl2NO7S2. The van der Waals surface area contributed by atoms with Gasteiger partial charge in [-0.1, -0.05) is 140 Å². The second kappa shape index (κ2) is 17.7. The van der Waals surface area contributed by atoms with E-state index in [1.54, 1.807) is 66.7 Å².